The van der Waals surface area contributed by atoms with Crippen LogP contribution in [0.25, 0.3) is 10.1 Å². The first-order chi connectivity index (χ1) is 23.5. The van der Waals surface area contributed by atoms with Crippen LogP contribution in [0.15, 0.2) is 58.8 Å². The average molecular weight is 754 g/mol. The highest BCUT2D eigenvalue weighted by molar-refractivity contribution is 7.92. The zero-order chi connectivity index (χ0) is 36.8. The summed E-state index contributed by atoms with van der Waals surface area (Å²) in [4.78, 5) is 43.9. The topological polar surface area (TPSA) is 261 Å². The Kier molecular flexibility index (Phi) is 12.2. The molecule has 0 saturated heterocycles. The van der Waals surface area contributed by atoms with E-state index in [9.17, 15) is 43.0 Å². The van der Waals surface area contributed by atoms with E-state index < -0.39 is 59.3 Å². The number of phenolic OH excluding ortho intramolecular Hbond substituents is 4. The van der Waals surface area contributed by atoms with Crippen LogP contribution in [0, 0.1) is 0 Å². The van der Waals surface area contributed by atoms with Crippen molar-refractivity contribution < 1.29 is 62.3 Å². The van der Waals surface area contributed by atoms with Gasteiger partial charge in [0.05, 0.1) is 12.1 Å². The number of phenols is 4. The molecule has 50 heavy (non-hydrogen) atoms. The van der Waals surface area contributed by atoms with E-state index in [0.29, 0.717) is 22.9 Å². The van der Waals surface area contributed by atoms with Crippen LogP contribution in [-0.4, -0.2) is 82.0 Å². The minimum atomic E-state index is -4.68. The summed E-state index contributed by atoms with van der Waals surface area (Å²) < 4.78 is 51.1. The molecule has 0 aliphatic carbocycles. The second-order valence-corrected chi connectivity index (χ2v) is 15.8. The normalized spacial score (nSPS) is 13.0. The fraction of sp³-hybridized carbons (Fsp3) is 0.290. The van der Waals surface area contributed by atoms with E-state index in [-0.39, 0.29) is 51.5 Å². The second kappa shape index (κ2) is 16.0. The maximum atomic E-state index is 12.8. The summed E-state index contributed by atoms with van der Waals surface area (Å²) in [6.07, 6.45) is -0.261. The molecular formula is C31H36N3O13PS2. The van der Waals surface area contributed by atoms with Gasteiger partial charge in [0, 0.05) is 21.9 Å². The van der Waals surface area contributed by atoms with Crippen molar-refractivity contribution in [1.82, 2.24) is 15.4 Å². The van der Waals surface area contributed by atoms with E-state index in [1.165, 1.54) is 42.5 Å². The van der Waals surface area contributed by atoms with Gasteiger partial charge in [0.2, 0.25) is 0 Å². The van der Waals surface area contributed by atoms with Gasteiger partial charge in [0.1, 0.15) is 23.7 Å². The number of hydrogen-bond donors (Lipinski definition) is 9. The van der Waals surface area contributed by atoms with Crippen LogP contribution in [0.1, 0.15) is 47.4 Å². The van der Waals surface area contributed by atoms with Crippen LogP contribution in [0.4, 0.5) is 0 Å². The number of aromatic hydroxyl groups is 4. The second-order valence-electron chi connectivity index (χ2n) is 11.1. The standard InChI is InChI=1S/C31H36N3O13PS2/c1-3-20(33-30(39)17-5-7-22(35)24(37)9-17)14-46-26-11-19-12-29(50(44,45)32-16-48(41,42)43)49-28(19)13-27(26)47-15-21(4-2)34-31(40)18-6-8-23(36)25(38)10-18/h5-13,20-21,32,35-38H,3-4,14-16H2,1-2H3,(H,33,39)(H,34,40)(H2,41,42,43). The summed E-state index contributed by atoms with van der Waals surface area (Å²) in [5.41, 5.74) is 0.192. The largest absolute Gasteiger partial charge is 0.504 e. The van der Waals surface area contributed by atoms with Gasteiger partial charge in [-0.2, -0.15) is 4.72 Å². The number of carbonyl (C=O) groups excluding carboxylic acids is 2. The molecule has 2 unspecified atom stereocenters. The molecule has 4 aromatic rings. The van der Waals surface area contributed by atoms with Gasteiger partial charge in [-0.1, -0.05) is 13.8 Å². The van der Waals surface area contributed by atoms with Crippen LogP contribution in [-0.2, 0) is 14.6 Å². The number of thiophene rings is 1. The highest BCUT2D eigenvalue weighted by Crippen LogP contribution is 2.39. The summed E-state index contributed by atoms with van der Waals surface area (Å²) >= 11 is 0.817. The predicted molar refractivity (Wildman–Crippen MR) is 183 cm³/mol. The van der Waals surface area contributed by atoms with Gasteiger partial charge < -0.3 is 50.3 Å². The smallest absolute Gasteiger partial charge is 0.340 e. The van der Waals surface area contributed by atoms with Gasteiger partial charge in [0.25, 0.3) is 21.8 Å². The Morgan fingerprint density at radius 3 is 1.68 bits per heavy atom. The Hall–Kier alpha value is -4.58. The molecule has 2 amide bonds. The van der Waals surface area contributed by atoms with Crippen molar-refractivity contribution in [2.24, 2.45) is 0 Å². The summed E-state index contributed by atoms with van der Waals surface area (Å²) in [5, 5.41) is 44.6. The Balaban J connectivity index is 1.58. The summed E-state index contributed by atoms with van der Waals surface area (Å²) in [6.45, 7) is 3.44. The maximum absolute atomic E-state index is 12.8. The van der Waals surface area contributed by atoms with Crippen molar-refractivity contribution in [3.63, 3.8) is 0 Å². The number of amides is 2. The monoisotopic (exact) mass is 753 g/mol. The number of fused-ring (bicyclic) bond motifs is 1. The van der Waals surface area contributed by atoms with Crippen LogP contribution in [0.3, 0.4) is 0 Å². The third-order valence-corrected chi connectivity index (χ3v) is 11.1. The number of carbonyl (C=O) groups is 2. The third-order valence-electron chi connectivity index (χ3n) is 7.30. The third kappa shape index (κ3) is 9.99. The lowest BCUT2D eigenvalue weighted by Gasteiger charge is -2.21. The lowest BCUT2D eigenvalue weighted by atomic mass is 10.1. The summed E-state index contributed by atoms with van der Waals surface area (Å²) in [7, 11) is -8.98. The van der Waals surface area contributed by atoms with E-state index >= 15 is 0 Å². The SMILES string of the molecule is CCC(COc1cc2cc(S(=O)(=O)NCP(=O)(O)O)sc2cc1OCC(CC)NC(=O)c1ccc(O)c(O)c1)NC(=O)c1ccc(O)c(O)c1. The Morgan fingerprint density at radius 1 is 0.760 bits per heavy atom. The Bertz CT molecular complexity index is 1920. The average Bonchev–Trinajstić information content (AvgIpc) is 3.49. The highest BCUT2D eigenvalue weighted by atomic mass is 32.2. The molecule has 0 spiro atoms. The van der Waals surface area contributed by atoms with Crippen molar-refractivity contribution in [2.75, 3.05) is 19.5 Å². The first-order valence-corrected chi connectivity index (χ1v) is 19.1. The number of hydrogen-bond acceptors (Lipinski definition) is 12. The molecule has 0 fully saturated rings. The fourth-order valence-electron chi connectivity index (χ4n) is 4.39. The van der Waals surface area contributed by atoms with E-state index in [0.717, 1.165) is 23.5 Å². The molecule has 270 valence electrons. The molecule has 9 N–H and O–H groups in total. The summed E-state index contributed by atoms with van der Waals surface area (Å²) in [5.74, 6) is -2.46. The zero-order valence-corrected chi connectivity index (χ0v) is 29.2. The lowest BCUT2D eigenvalue weighted by Crippen LogP contribution is -2.39. The van der Waals surface area contributed by atoms with Crippen molar-refractivity contribution in [2.45, 2.75) is 43.0 Å². The number of benzene rings is 3. The molecule has 4 rings (SSSR count). The van der Waals surface area contributed by atoms with Crippen molar-refractivity contribution in [3.05, 3.63) is 65.7 Å². The highest BCUT2D eigenvalue weighted by Gasteiger charge is 2.24. The van der Waals surface area contributed by atoms with Gasteiger partial charge >= 0.3 is 7.60 Å². The first-order valence-electron chi connectivity index (χ1n) is 15.0. The predicted octanol–water partition coefficient (Wildman–Crippen LogP) is 3.31. The van der Waals surface area contributed by atoms with Gasteiger partial charge in [-0.25, -0.2) is 8.42 Å². The van der Waals surface area contributed by atoms with E-state index in [1.54, 1.807) is 13.8 Å². The van der Waals surface area contributed by atoms with E-state index in [1.807, 2.05) is 4.72 Å². The molecule has 0 aliphatic heterocycles. The Labute approximate surface area is 290 Å². The molecule has 16 nitrogen and oxygen atoms in total. The maximum Gasteiger partial charge on any atom is 0.340 e. The zero-order valence-electron chi connectivity index (χ0n) is 26.7. The van der Waals surface area contributed by atoms with Crippen molar-refractivity contribution >= 4 is 50.9 Å². The van der Waals surface area contributed by atoms with E-state index in [2.05, 4.69) is 10.6 Å². The van der Waals surface area contributed by atoms with E-state index in [4.69, 9.17) is 19.3 Å². The molecule has 2 atom stereocenters. The molecular weight excluding hydrogens is 717 g/mol. The molecule has 3 aromatic carbocycles. The minimum Gasteiger partial charge on any atom is -0.504 e. The van der Waals surface area contributed by atoms with Gasteiger partial charge in [-0.3, -0.25) is 14.2 Å². The quantitative estimate of drug-likeness (QED) is 0.0588. The van der Waals surface area contributed by atoms with Crippen LogP contribution in [0.2, 0.25) is 0 Å². The molecule has 1 aromatic heterocycles. The number of ether oxygens (including phenoxy) is 2. The molecule has 1 heterocycles. The lowest BCUT2D eigenvalue weighted by molar-refractivity contribution is 0.0906. The fourth-order valence-corrected chi connectivity index (χ4v) is 7.86. The van der Waals surface area contributed by atoms with Gasteiger partial charge in [-0.15, -0.1) is 11.3 Å². The number of rotatable bonds is 16. The van der Waals surface area contributed by atoms with Crippen molar-refractivity contribution in [3.8, 4) is 34.5 Å². The molecule has 19 heteroatoms. The van der Waals surface area contributed by atoms with Crippen molar-refractivity contribution in [1.29, 1.82) is 0 Å². The first kappa shape index (κ1) is 38.2. The molecule has 0 saturated carbocycles. The van der Waals surface area contributed by atoms with Crippen LogP contribution in [0.5, 0.6) is 34.5 Å². The van der Waals surface area contributed by atoms with Crippen LogP contribution < -0.4 is 24.8 Å². The van der Waals surface area contributed by atoms with Crippen LogP contribution >= 0.6 is 18.9 Å². The van der Waals surface area contributed by atoms with Gasteiger partial charge in [-0.05, 0) is 66.8 Å². The molecule has 0 aliphatic rings. The number of sulfonamides is 1. The summed E-state index contributed by atoms with van der Waals surface area (Å²) in [6, 6.07) is 10.5. The number of nitrogens with one attached hydrogen (secondary N) is 3. The molecule has 0 radical (unpaired) electrons. The van der Waals surface area contributed by atoms with Gasteiger partial charge in [0.15, 0.2) is 34.5 Å². The minimum absolute atomic E-state index is 0.0766. The Morgan fingerprint density at radius 2 is 1.24 bits per heavy atom. The molecule has 0 bridgehead atoms.